The smallest absolute Gasteiger partial charge is 0.0731 e. The fourth-order valence-electron chi connectivity index (χ4n) is 3.80. The van der Waals surface area contributed by atoms with Gasteiger partial charge in [-0.05, 0) is 47.3 Å². The molecule has 5 heteroatoms. The quantitative estimate of drug-likeness (QED) is 0.869. The molecule has 1 aromatic rings. The highest BCUT2D eigenvalue weighted by atomic mass is 79.9. The summed E-state index contributed by atoms with van der Waals surface area (Å²) in [5.74, 6) is 0. The fourth-order valence-corrected chi connectivity index (χ4v) is 5.42. The lowest BCUT2D eigenvalue weighted by Gasteiger charge is -2.48. The van der Waals surface area contributed by atoms with E-state index < -0.39 is 0 Å². The van der Waals surface area contributed by atoms with E-state index >= 15 is 0 Å². The van der Waals surface area contributed by atoms with E-state index in [9.17, 15) is 0 Å². The van der Waals surface area contributed by atoms with Gasteiger partial charge in [-0.25, -0.2) is 0 Å². The molecule has 3 nitrogen and oxygen atoms in total. The van der Waals surface area contributed by atoms with Crippen molar-refractivity contribution in [3.8, 4) is 0 Å². The average Bonchev–Trinajstić information content (AvgIpc) is 2.93. The summed E-state index contributed by atoms with van der Waals surface area (Å²) < 4.78 is 7.22. The number of fused-ring (bicyclic) bond motifs is 1. The SMILES string of the molecule is CCC(N)C(c1ccc(Br)s1)N1CCOC2CCCCC21. The van der Waals surface area contributed by atoms with Gasteiger partial charge in [0.05, 0.1) is 22.5 Å². The lowest BCUT2D eigenvalue weighted by Crippen LogP contribution is -2.56. The summed E-state index contributed by atoms with van der Waals surface area (Å²) in [4.78, 5) is 4.04. The van der Waals surface area contributed by atoms with Crippen molar-refractivity contribution >= 4 is 27.3 Å². The van der Waals surface area contributed by atoms with Crippen molar-refractivity contribution in [2.75, 3.05) is 13.2 Å². The zero-order valence-electron chi connectivity index (χ0n) is 12.6. The molecule has 2 aliphatic rings. The largest absolute Gasteiger partial charge is 0.375 e. The molecule has 1 saturated heterocycles. The van der Waals surface area contributed by atoms with Gasteiger partial charge in [-0.1, -0.05) is 19.8 Å². The van der Waals surface area contributed by atoms with Gasteiger partial charge in [0.2, 0.25) is 0 Å². The minimum absolute atomic E-state index is 0.191. The fraction of sp³-hybridized carbons (Fsp3) is 0.750. The number of nitrogens with zero attached hydrogens (tertiary/aromatic N) is 1. The van der Waals surface area contributed by atoms with Crippen LogP contribution >= 0.6 is 27.3 Å². The molecule has 2 fully saturated rings. The van der Waals surface area contributed by atoms with E-state index in [-0.39, 0.29) is 6.04 Å². The number of morpholine rings is 1. The second-order valence-corrected chi connectivity index (χ2v) is 8.65. The Bertz CT molecular complexity index is 465. The highest BCUT2D eigenvalue weighted by molar-refractivity contribution is 9.11. The molecule has 0 spiro atoms. The third kappa shape index (κ3) is 3.37. The molecule has 4 unspecified atom stereocenters. The topological polar surface area (TPSA) is 38.5 Å². The van der Waals surface area contributed by atoms with Crippen LogP contribution in [0.25, 0.3) is 0 Å². The number of hydrogen-bond acceptors (Lipinski definition) is 4. The molecule has 1 saturated carbocycles. The van der Waals surface area contributed by atoms with Crippen LogP contribution in [0.1, 0.15) is 49.9 Å². The number of rotatable bonds is 4. The van der Waals surface area contributed by atoms with Crippen LogP contribution in [-0.2, 0) is 4.74 Å². The summed E-state index contributed by atoms with van der Waals surface area (Å²) in [5, 5.41) is 0. The molecule has 0 radical (unpaired) electrons. The van der Waals surface area contributed by atoms with E-state index in [0.29, 0.717) is 18.2 Å². The zero-order valence-corrected chi connectivity index (χ0v) is 15.0. The molecule has 0 amide bonds. The first kappa shape index (κ1) is 15.9. The molecule has 21 heavy (non-hydrogen) atoms. The highest BCUT2D eigenvalue weighted by Crippen LogP contribution is 2.39. The lowest BCUT2D eigenvalue weighted by atomic mass is 9.87. The van der Waals surface area contributed by atoms with Crippen LogP contribution in [-0.4, -0.2) is 36.2 Å². The number of ether oxygens (including phenoxy) is 1. The minimum atomic E-state index is 0.191. The number of hydrogen-bond donors (Lipinski definition) is 1. The van der Waals surface area contributed by atoms with Crippen molar-refractivity contribution in [2.24, 2.45) is 5.73 Å². The summed E-state index contributed by atoms with van der Waals surface area (Å²) in [7, 11) is 0. The molecule has 4 atom stereocenters. The molecule has 0 aromatic carbocycles. The Hall–Kier alpha value is 0.0600. The van der Waals surface area contributed by atoms with Crippen molar-refractivity contribution in [1.82, 2.24) is 4.90 Å². The number of thiophene rings is 1. The van der Waals surface area contributed by atoms with Gasteiger partial charge in [-0.15, -0.1) is 11.3 Å². The Kier molecular flexibility index (Phi) is 5.38. The average molecular weight is 373 g/mol. The second-order valence-electron chi connectivity index (χ2n) is 6.16. The van der Waals surface area contributed by atoms with Crippen molar-refractivity contribution in [1.29, 1.82) is 0 Å². The standard InChI is InChI=1S/C16H25BrN2OS/c1-2-11(18)16(14-7-8-15(17)21-14)19-9-10-20-13-6-4-3-5-12(13)19/h7-8,11-13,16H,2-6,9-10,18H2,1H3. The van der Waals surface area contributed by atoms with Crippen LogP contribution < -0.4 is 5.73 Å². The first-order valence-electron chi connectivity index (χ1n) is 8.09. The second kappa shape index (κ2) is 7.09. The van der Waals surface area contributed by atoms with Gasteiger partial charge < -0.3 is 10.5 Å². The Morgan fingerprint density at radius 3 is 2.95 bits per heavy atom. The monoisotopic (exact) mass is 372 g/mol. The minimum Gasteiger partial charge on any atom is -0.375 e. The van der Waals surface area contributed by atoms with Gasteiger partial charge in [-0.2, -0.15) is 0 Å². The molecule has 118 valence electrons. The maximum Gasteiger partial charge on any atom is 0.0731 e. The van der Waals surface area contributed by atoms with Gasteiger partial charge in [0.1, 0.15) is 0 Å². The Labute approximate surface area is 140 Å². The van der Waals surface area contributed by atoms with E-state index in [0.717, 1.165) is 19.6 Å². The molecule has 2 N–H and O–H groups in total. The molecule has 1 aliphatic carbocycles. The van der Waals surface area contributed by atoms with Gasteiger partial charge in [0, 0.05) is 23.5 Å². The maximum absolute atomic E-state index is 6.52. The van der Waals surface area contributed by atoms with E-state index in [1.807, 2.05) is 11.3 Å². The van der Waals surface area contributed by atoms with Crippen molar-refractivity contribution in [3.63, 3.8) is 0 Å². The normalized spacial score (nSPS) is 29.9. The predicted molar refractivity (Wildman–Crippen MR) is 91.7 cm³/mol. The summed E-state index contributed by atoms with van der Waals surface area (Å²) in [5.41, 5.74) is 6.52. The number of nitrogens with two attached hydrogens (primary N) is 1. The number of halogens is 1. The van der Waals surface area contributed by atoms with Crippen molar-refractivity contribution < 1.29 is 4.74 Å². The summed E-state index contributed by atoms with van der Waals surface area (Å²) in [6, 6.07) is 5.46. The van der Waals surface area contributed by atoms with Crippen LogP contribution in [0.4, 0.5) is 0 Å². The summed E-state index contributed by atoms with van der Waals surface area (Å²) in [6.07, 6.45) is 6.53. The molecule has 1 aromatic heterocycles. The summed E-state index contributed by atoms with van der Waals surface area (Å²) in [6.45, 7) is 4.05. The summed E-state index contributed by atoms with van der Waals surface area (Å²) >= 11 is 5.43. The van der Waals surface area contributed by atoms with E-state index in [1.165, 1.54) is 34.3 Å². The zero-order chi connectivity index (χ0) is 14.8. The van der Waals surface area contributed by atoms with E-state index in [4.69, 9.17) is 10.5 Å². The molecule has 0 bridgehead atoms. The first-order valence-corrected chi connectivity index (χ1v) is 9.69. The highest BCUT2D eigenvalue weighted by Gasteiger charge is 2.40. The van der Waals surface area contributed by atoms with Crippen LogP contribution in [0, 0.1) is 0 Å². The maximum atomic E-state index is 6.52. The first-order chi connectivity index (χ1) is 10.2. The van der Waals surface area contributed by atoms with Gasteiger partial charge in [-0.3, -0.25) is 4.90 Å². The van der Waals surface area contributed by atoms with Crippen molar-refractivity contribution in [3.05, 3.63) is 20.8 Å². The third-order valence-corrected chi connectivity index (χ3v) is 6.59. The molecule has 2 heterocycles. The van der Waals surface area contributed by atoms with Crippen LogP contribution in [0.3, 0.4) is 0 Å². The van der Waals surface area contributed by atoms with Crippen LogP contribution in [0.5, 0.6) is 0 Å². The molecule has 1 aliphatic heterocycles. The Morgan fingerprint density at radius 2 is 2.24 bits per heavy atom. The predicted octanol–water partition coefficient (Wildman–Crippen LogP) is 3.93. The van der Waals surface area contributed by atoms with E-state index in [2.05, 4.69) is 39.9 Å². The van der Waals surface area contributed by atoms with Gasteiger partial charge >= 0.3 is 0 Å². The Balaban J connectivity index is 1.87. The lowest BCUT2D eigenvalue weighted by molar-refractivity contribution is -0.106. The van der Waals surface area contributed by atoms with E-state index in [1.54, 1.807) is 0 Å². The molecular formula is C16H25BrN2OS. The third-order valence-electron chi connectivity index (χ3n) is 4.89. The van der Waals surface area contributed by atoms with Crippen LogP contribution in [0.2, 0.25) is 0 Å². The van der Waals surface area contributed by atoms with Gasteiger partial charge in [0.15, 0.2) is 0 Å². The van der Waals surface area contributed by atoms with Gasteiger partial charge in [0.25, 0.3) is 0 Å². The molecule has 3 rings (SSSR count). The molecular weight excluding hydrogens is 348 g/mol. The van der Waals surface area contributed by atoms with Crippen molar-refractivity contribution in [2.45, 2.75) is 63.3 Å². The Morgan fingerprint density at radius 1 is 1.43 bits per heavy atom. The van der Waals surface area contributed by atoms with Crippen LogP contribution in [0.15, 0.2) is 15.9 Å².